The molecule has 0 saturated heterocycles. The van der Waals surface area contributed by atoms with E-state index in [1.54, 1.807) is 6.33 Å². The van der Waals surface area contributed by atoms with E-state index in [-0.39, 0.29) is 0 Å². The molecule has 2 aromatic rings. The Labute approximate surface area is 101 Å². The fourth-order valence-electron chi connectivity index (χ4n) is 1.69. The minimum Gasteiger partial charge on any atom is -0.338 e. The van der Waals surface area contributed by atoms with Gasteiger partial charge in [0.1, 0.15) is 18.0 Å². The zero-order valence-corrected chi connectivity index (χ0v) is 10.3. The van der Waals surface area contributed by atoms with Gasteiger partial charge in [-0.3, -0.25) is 0 Å². The molecule has 0 bridgehead atoms. The van der Waals surface area contributed by atoms with Gasteiger partial charge in [0.25, 0.3) is 0 Å². The Morgan fingerprint density at radius 3 is 2.88 bits per heavy atom. The van der Waals surface area contributed by atoms with Gasteiger partial charge < -0.3 is 9.88 Å². The summed E-state index contributed by atoms with van der Waals surface area (Å²) in [6, 6.07) is 0. The van der Waals surface area contributed by atoms with Gasteiger partial charge in [0.15, 0.2) is 0 Å². The highest BCUT2D eigenvalue weighted by Crippen LogP contribution is 2.00. The quantitative estimate of drug-likeness (QED) is 0.784. The second-order valence-corrected chi connectivity index (χ2v) is 3.88. The standard InChI is InChI=1S/C11H18N6/c1-3-12-8-11-14-9-15-17(11)6-4-10-13-5-7-16(10)2/h5,7,9,12H,3-4,6,8H2,1-2H3. The lowest BCUT2D eigenvalue weighted by molar-refractivity contribution is 0.542. The maximum atomic E-state index is 4.29. The third kappa shape index (κ3) is 2.91. The van der Waals surface area contributed by atoms with Gasteiger partial charge in [0, 0.05) is 25.9 Å². The number of hydrogen-bond donors (Lipinski definition) is 1. The summed E-state index contributed by atoms with van der Waals surface area (Å²) in [5.74, 6) is 2.04. The first-order valence-corrected chi connectivity index (χ1v) is 5.85. The van der Waals surface area contributed by atoms with Gasteiger partial charge in [-0.1, -0.05) is 6.92 Å². The Bertz CT molecular complexity index is 458. The van der Waals surface area contributed by atoms with Gasteiger partial charge in [-0.15, -0.1) is 0 Å². The SMILES string of the molecule is CCNCc1ncnn1CCc1nccn1C. The number of imidazole rings is 1. The van der Waals surface area contributed by atoms with Crippen LogP contribution in [-0.4, -0.2) is 30.9 Å². The van der Waals surface area contributed by atoms with Gasteiger partial charge in [0.05, 0.1) is 13.1 Å². The van der Waals surface area contributed by atoms with E-state index >= 15 is 0 Å². The van der Waals surface area contributed by atoms with E-state index in [4.69, 9.17) is 0 Å². The van der Waals surface area contributed by atoms with Crippen molar-refractivity contribution in [1.82, 2.24) is 29.6 Å². The van der Waals surface area contributed by atoms with Gasteiger partial charge in [-0.2, -0.15) is 5.10 Å². The Morgan fingerprint density at radius 2 is 2.18 bits per heavy atom. The average molecular weight is 234 g/mol. The zero-order valence-electron chi connectivity index (χ0n) is 10.3. The first-order valence-electron chi connectivity index (χ1n) is 5.85. The normalized spacial score (nSPS) is 10.9. The van der Waals surface area contributed by atoms with E-state index in [1.165, 1.54) is 0 Å². The van der Waals surface area contributed by atoms with Crippen molar-refractivity contribution >= 4 is 0 Å². The number of rotatable bonds is 6. The number of nitrogens with one attached hydrogen (secondary N) is 1. The first kappa shape index (κ1) is 11.8. The Hall–Kier alpha value is -1.69. The molecule has 2 rings (SSSR count). The highest BCUT2D eigenvalue weighted by Gasteiger charge is 2.05. The molecule has 0 unspecified atom stereocenters. The molecule has 0 aromatic carbocycles. The molecule has 0 aliphatic heterocycles. The second kappa shape index (κ2) is 5.58. The lowest BCUT2D eigenvalue weighted by atomic mass is 10.4. The van der Waals surface area contributed by atoms with E-state index in [0.29, 0.717) is 0 Å². The van der Waals surface area contributed by atoms with Gasteiger partial charge in [0.2, 0.25) is 0 Å². The molecule has 0 amide bonds. The third-order valence-electron chi connectivity index (χ3n) is 2.70. The Kier molecular flexibility index (Phi) is 3.87. The van der Waals surface area contributed by atoms with Crippen LogP contribution >= 0.6 is 0 Å². The van der Waals surface area contributed by atoms with Crippen LogP contribution in [0.4, 0.5) is 0 Å². The highest BCUT2D eigenvalue weighted by atomic mass is 15.3. The molecule has 2 heterocycles. The smallest absolute Gasteiger partial charge is 0.140 e. The maximum Gasteiger partial charge on any atom is 0.140 e. The molecule has 6 heteroatoms. The summed E-state index contributed by atoms with van der Waals surface area (Å²) in [5, 5.41) is 7.48. The molecule has 0 saturated carbocycles. The summed E-state index contributed by atoms with van der Waals surface area (Å²) in [4.78, 5) is 8.53. The fourth-order valence-corrected chi connectivity index (χ4v) is 1.69. The highest BCUT2D eigenvalue weighted by molar-refractivity contribution is 4.92. The van der Waals surface area contributed by atoms with Crippen molar-refractivity contribution in [2.24, 2.45) is 7.05 Å². The predicted molar refractivity (Wildman–Crippen MR) is 64.3 cm³/mol. The van der Waals surface area contributed by atoms with E-state index < -0.39 is 0 Å². The Morgan fingerprint density at radius 1 is 1.29 bits per heavy atom. The lowest BCUT2D eigenvalue weighted by Gasteiger charge is -2.06. The van der Waals surface area contributed by atoms with Crippen LogP contribution in [0.3, 0.4) is 0 Å². The summed E-state index contributed by atoms with van der Waals surface area (Å²) in [6.45, 7) is 4.59. The molecule has 0 aliphatic rings. The third-order valence-corrected chi connectivity index (χ3v) is 2.70. The van der Waals surface area contributed by atoms with Crippen LogP contribution in [-0.2, 0) is 26.6 Å². The molecule has 17 heavy (non-hydrogen) atoms. The van der Waals surface area contributed by atoms with Crippen molar-refractivity contribution in [3.8, 4) is 0 Å². The largest absolute Gasteiger partial charge is 0.338 e. The predicted octanol–water partition coefficient (Wildman–Crippen LogP) is 0.364. The van der Waals surface area contributed by atoms with Crippen molar-refractivity contribution < 1.29 is 0 Å². The van der Waals surface area contributed by atoms with Crippen LogP contribution in [0.25, 0.3) is 0 Å². The minimum absolute atomic E-state index is 0.761. The summed E-state index contributed by atoms with van der Waals surface area (Å²) in [7, 11) is 2.00. The Balaban J connectivity index is 1.95. The van der Waals surface area contributed by atoms with Gasteiger partial charge >= 0.3 is 0 Å². The number of nitrogens with zero attached hydrogens (tertiary/aromatic N) is 5. The lowest BCUT2D eigenvalue weighted by Crippen LogP contribution is -2.18. The summed E-state index contributed by atoms with van der Waals surface area (Å²) in [6.07, 6.45) is 6.24. The van der Waals surface area contributed by atoms with E-state index in [1.807, 2.05) is 28.7 Å². The molecular formula is C11H18N6. The molecule has 0 radical (unpaired) electrons. The van der Waals surface area contributed by atoms with Crippen molar-refractivity contribution in [1.29, 1.82) is 0 Å². The van der Waals surface area contributed by atoms with Crippen molar-refractivity contribution in [2.45, 2.75) is 26.4 Å². The maximum absolute atomic E-state index is 4.29. The zero-order chi connectivity index (χ0) is 12.1. The topological polar surface area (TPSA) is 60.6 Å². The molecule has 0 fully saturated rings. The van der Waals surface area contributed by atoms with Crippen LogP contribution in [0.15, 0.2) is 18.7 Å². The van der Waals surface area contributed by atoms with E-state index in [2.05, 4.69) is 27.3 Å². The van der Waals surface area contributed by atoms with Gasteiger partial charge in [-0.25, -0.2) is 14.6 Å². The molecule has 0 spiro atoms. The van der Waals surface area contributed by atoms with Crippen LogP contribution in [0, 0.1) is 0 Å². The minimum atomic E-state index is 0.761. The van der Waals surface area contributed by atoms with Crippen LogP contribution in [0.5, 0.6) is 0 Å². The van der Waals surface area contributed by atoms with E-state index in [0.717, 1.165) is 37.7 Å². The first-order chi connectivity index (χ1) is 8.31. The monoisotopic (exact) mass is 234 g/mol. The molecule has 0 atom stereocenters. The molecule has 92 valence electrons. The van der Waals surface area contributed by atoms with Crippen LogP contribution < -0.4 is 5.32 Å². The average Bonchev–Trinajstić information content (AvgIpc) is 2.93. The van der Waals surface area contributed by atoms with Crippen LogP contribution in [0.1, 0.15) is 18.6 Å². The molecule has 1 N–H and O–H groups in total. The summed E-state index contributed by atoms with van der Waals surface area (Å²) < 4.78 is 3.96. The number of hydrogen-bond acceptors (Lipinski definition) is 4. The summed E-state index contributed by atoms with van der Waals surface area (Å²) >= 11 is 0. The molecule has 0 aliphatic carbocycles. The second-order valence-electron chi connectivity index (χ2n) is 3.88. The molecular weight excluding hydrogens is 216 g/mol. The number of aromatic nitrogens is 5. The van der Waals surface area contributed by atoms with Crippen molar-refractivity contribution in [3.05, 3.63) is 30.4 Å². The number of aryl methyl sites for hydroxylation is 3. The fraction of sp³-hybridized carbons (Fsp3) is 0.545. The van der Waals surface area contributed by atoms with Crippen LogP contribution in [0.2, 0.25) is 0 Å². The molecule has 6 nitrogen and oxygen atoms in total. The van der Waals surface area contributed by atoms with E-state index in [9.17, 15) is 0 Å². The van der Waals surface area contributed by atoms with Gasteiger partial charge in [-0.05, 0) is 6.54 Å². The van der Waals surface area contributed by atoms with Crippen molar-refractivity contribution in [2.75, 3.05) is 6.54 Å². The van der Waals surface area contributed by atoms with Crippen molar-refractivity contribution in [3.63, 3.8) is 0 Å². The summed E-state index contributed by atoms with van der Waals surface area (Å²) in [5.41, 5.74) is 0. The molecule has 2 aromatic heterocycles.